The summed E-state index contributed by atoms with van der Waals surface area (Å²) in [6.45, 7) is 3.18. The summed E-state index contributed by atoms with van der Waals surface area (Å²) in [7, 11) is 1.94. The summed E-state index contributed by atoms with van der Waals surface area (Å²) < 4.78 is 5.69. The summed E-state index contributed by atoms with van der Waals surface area (Å²) in [5.74, 6) is -1.43. The maximum absolute atomic E-state index is 13.5. The SMILES string of the molecule is CC1=NC(=O)N(Cc2ccccc2)C(c2cccc([N+](=O)[O-])c2)C1C(=O)OCCN(C)Cc1ccccc1. The highest BCUT2D eigenvalue weighted by Crippen LogP contribution is 2.37. The third-order valence-corrected chi connectivity index (χ3v) is 6.50. The number of aliphatic imine (C=N–C) groups is 1. The highest BCUT2D eigenvalue weighted by Gasteiger charge is 2.43. The van der Waals surface area contributed by atoms with E-state index in [0.29, 0.717) is 24.4 Å². The third kappa shape index (κ3) is 6.49. The average Bonchev–Trinajstić information content (AvgIpc) is 2.91. The minimum atomic E-state index is -0.905. The molecule has 9 heteroatoms. The Bertz CT molecular complexity index is 1310. The summed E-state index contributed by atoms with van der Waals surface area (Å²) in [5, 5.41) is 11.5. The minimum absolute atomic E-state index is 0.121. The van der Waals surface area contributed by atoms with E-state index in [4.69, 9.17) is 4.74 Å². The Morgan fingerprint density at radius 1 is 1.03 bits per heavy atom. The van der Waals surface area contributed by atoms with E-state index in [2.05, 4.69) is 4.99 Å². The smallest absolute Gasteiger partial charge is 0.344 e. The number of nitrogens with zero attached hydrogens (tertiary/aromatic N) is 4. The van der Waals surface area contributed by atoms with Crippen LogP contribution in [-0.4, -0.2) is 52.6 Å². The molecule has 4 rings (SSSR count). The van der Waals surface area contributed by atoms with Gasteiger partial charge in [-0.15, -0.1) is 0 Å². The second kappa shape index (κ2) is 12.2. The molecule has 0 aromatic heterocycles. The van der Waals surface area contributed by atoms with Crippen molar-refractivity contribution in [3.8, 4) is 0 Å². The average molecular weight is 515 g/mol. The monoisotopic (exact) mass is 514 g/mol. The number of nitro benzene ring substituents is 1. The summed E-state index contributed by atoms with van der Waals surface area (Å²) in [6.07, 6.45) is 0. The van der Waals surface area contributed by atoms with Gasteiger partial charge in [-0.25, -0.2) is 9.79 Å². The van der Waals surface area contributed by atoms with Crippen molar-refractivity contribution in [1.82, 2.24) is 9.80 Å². The van der Waals surface area contributed by atoms with Crippen LogP contribution in [0.3, 0.4) is 0 Å². The number of nitro groups is 1. The van der Waals surface area contributed by atoms with Gasteiger partial charge in [0.15, 0.2) is 0 Å². The van der Waals surface area contributed by atoms with Crippen LogP contribution < -0.4 is 0 Å². The highest BCUT2D eigenvalue weighted by molar-refractivity contribution is 6.08. The Kier molecular flexibility index (Phi) is 8.60. The maximum atomic E-state index is 13.5. The van der Waals surface area contributed by atoms with E-state index in [-0.39, 0.29) is 18.8 Å². The molecule has 0 aliphatic carbocycles. The van der Waals surface area contributed by atoms with Crippen LogP contribution in [0.4, 0.5) is 10.5 Å². The summed E-state index contributed by atoms with van der Waals surface area (Å²) in [4.78, 5) is 45.2. The largest absolute Gasteiger partial charge is 0.464 e. The highest BCUT2D eigenvalue weighted by atomic mass is 16.6. The molecular formula is C29H30N4O5. The maximum Gasteiger partial charge on any atom is 0.344 e. The van der Waals surface area contributed by atoms with Crippen molar-refractivity contribution in [3.05, 3.63) is 112 Å². The zero-order valence-corrected chi connectivity index (χ0v) is 21.4. The first-order valence-electron chi connectivity index (χ1n) is 12.4. The van der Waals surface area contributed by atoms with E-state index in [9.17, 15) is 19.7 Å². The molecule has 0 fully saturated rings. The van der Waals surface area contributed by atoms with Crippen molar-refractivity contribution in [2.24, 2.45) is 10.9 Å². The predicted octanol–water partition coefficient (Wildman–Crippen LogP) is 5.02. The number of urea groups is 1. The molecule has 2 atom stereocenters. The summed E-state index contributed by atoms with van der Waals surface area (Å²) in [6, 6.07) is 24.0. The van der Waals surface area contributed by atoms with Crippen LogP contribution in [0.25, 0.3) is 0 Å². The molecule has 196 valence electrons. The number of carbonyl (C=O) groups excluding carboxylic acids is 2. The zero-order valence-electron chi connectivity index (χ0n) is 21.4. The molecular weight excluding hydrogens is 484 g/mol. The lowest BCUT2D eigenvalue weighted by Gasteiger charge is -2.38. The Labute approximate surface area is 221 Å². The van der Waals surface area contributed by atoms with Crippen molar-refractivity contribution in [3.63, 3.8) is 0 Å². The molecule has 2 amide bonds. The molecule has 0 radical (unpaired) electrons. The number of esters is 1. The molecule has 1 aliphatic rings. The Hall–Kier alpha value is -4.37. The minimum Gasteiger partial charge on any atom is -0.464 e. The van der Waals surface area contributed by atoms with Crippen molar-refractivity contribution < 1.29 is 19.2 Å². The fourth-order valence-corrected chi connectivity index (χ4v) is 4.62. The standard InChI is InChI=1S/C29H30N4O5/c1-21-26(28(34)38-17-16-31(2)19-22-10-5-3-6-11-22)27(24-14-9-15-25(18-24)33(36)37)32(29(35)30-21)20-23-12-7-4-8-13-23/h3-15,18,26-27H,16-17,19-20H2,1-2H3. The van der Waals surface area contributed by atoms with Gasteiger partial charge in [0.25, 0.3) is 5.69 Å². The first kappa shape index (κ1) is 26.7. The summed E-state index contributed by atoms with van der Waals surface area (Å²) in [5.41, 5.74) is 2.67. The molecule has 38 heavy (non-hydrogen) atoms. The third-order valence-electron chi connectivity index (χ3n) is 6.50. The molecule has 1 aliphatic heterocycles. The molecule has 1 heterocycles. The van der Waals surface area contributed by atoms with Crippen LogP contribution in [0.2, 0.25) is 0 Å². The number of ether oxygens (including phenoxy) is 1. The molecule has 0 bridgehead atoms. The molecule has 0 saturated carbocycles. The number of rotatable bonds is 10. The number of carbonyl (C=O) groups is 2. The molecule has 2 unspecified atom stereocenters. The van der Waals surface area contributed by atoms with Gasteiger partial charge < -0.3 is 9.64 Å². The first-order chi connectivity index (χ1) is 18.3. The van der Waals surface area contributed by atoms with Gasteiger partial charge in [0.05, 0.1) is 11.0 Å². The van der Waals surface area contributed by atoms with Crippen molar-refractivity contribution in [2.45, 2.75) is 26.1 Å². The van der Waals surface area contributed by atoms with Crippen molar-refractivity contribution in [2.75, 3.05) is 20.2 Å². The van der Waals surface area contributed by atoms with E-state index in [0.717, 1.165) is 11.1 Å². The van der Waals surface area contributed by atoms with Crippen LogP contribution in [0.5, 0.6) is 0 Å². The van der Waals surface area contributed by atoms with Crippen LogP contribution >= 0.6 is 0 Å². The van der Waals surface area contributed by atoms with Crippen molar-refractivity contribution in [1.29, 1.82) is 0 Å². The van der Waals surface area contributed by atoms with Crippen LogP contribution in [0.15, 0.2) is 89.9 Å². The molecule has 9 nitrogen and oxygen atoms in total. The van der Waals surface area contributed by atoms with Gasteiger partial charge >= 0.3 is 12.0 Å². The molecule has 3 aromatic carbocycles. The van der Waals surface area contributed by atoms with E-state index in [1.807, 2.05) is 72.6 Å². The number of benzene rings is 3. The van der Waals surface area contributed by atoms with E-state index in [1.54, 1.807) is 19.1 Å². The second-order valence-electron chi connectivity index (χ2n) is 9.31. The first-order valence-corrected chi connectivity index (χ1v) is 12.4. The Balaban J connectivity index is 1.57. The van der Waals surface area contributed by atoms with Gasteiger partial charge in [-0.2, -0.15) is 0 Å². The normalized spacial score (nSPS) is 17.3. The lowest BCUT2D eigenvalue weighted by Crippen LogP contribution is -2.47. The van der Waals surface area contributed by atoms with Crippen molar-refractivity contribution >= 4 is 23.4 Å². The predicted molar refractivity (Wildman–Crippen MR) is 144 cm³/mol. The second-order valence-corrected chi connectivity index (χ2v) is 9.31. The van der Waals surface area contributed by atoms with E-state index >= 15 is 0 Å². The van der Waals surface area contributed by atoms with Gasteiger partial charge in [0.1, 0.15) is 12.5 Å². The Morgan fingerprint density at radius 3 is 2.34 bits per heavy atom. The van der Waals surface area contributed by atoms with E-state index in [1.165, 1.54) is 17.0 Å². The fourth-order valence-electron chi connectivity index (χ4n) is 4.62. The van der Waals surface area contributed by atoms with Gasteiger partial charge in [0, 0.05) is 37.5 Å². The molecule has 0 N–H and O–H groups in total. The number of hydrogen-bond donors (Lipinski definition) is 0. The zero-order chi connectivity index (χ0) is 27.1. The van der Waals surface area contributed by atoms with Gasteiger partial charge in [0.2, 0.25) is 0 Å². The van der Waals surface area contributed by atoms with Gasteiger partial charge in [-0.1, -0.05) is 72.8 Å². The van der Waals surface area contributed by atoms with Crippen LogP contribution in [-0.2, 0) is 22.6 Å². The molecule has 0 spiro atoms. The van der Waals surface area contributed by atoms with Crippen LogP contribution in [0.1, 0.15) is 29.7 Å². The topological polar surface area (TPSA) is 105 Å². The number of non-ortho nitro benzene ring substituents is 1. The van der Waals surface area contributed by atoms with E-state index < -0.39 is 28.9 Å². The quantitative estimate of drug-likeness (QED) is 0.214. The van der Waals surface area contributed by atoms with Gasteiger partial charge in [-0.05, 0) is 30.7 Å². The lowest BCUT2D eigenvalue weighted by molar-refractivity contribution is -0.385. The van der Waals surface area contributed by atoms with Crippen LogP contribution in [0, 0.1) is 16.0 Å². The van der Waals surface area contributed by atoms with Gasteiger partial charge in [-0.3, -0.25) is 19.8 Å². The molecule has 3 aromatic rings. The number of likely N-dealkylation sites (N-methyl/N-ethyl adjacent to an activating group) is 1. The number of amides is 2. The Morgan fingerprint density at radius 2 is 1.68 bits per heavy atom. The lowest BCUT2D eigenvalue weighted by atomic mass is 9.86. The summed E-state index contributed by atoms with van der Waals surface area (Å²) >= 11 is 0. The fraction of sp³-hybridized carbons (Fsp3) is 0.276. The number of hydrogen-bond acceptors (Lipinski definition) is 6. The molecule has 0 saturated heterocycles.